The Balaban J connectivity index is 1.61. The van der Waals surface area contributed by atoms with E-state index in [2.05, 4.69) is 0 Å². The van der Waals surface area contributed by atoms with Crippen LogP contribution < -0.4 is 18.9 Å². The number of rotatable bonds is 2. The average Bonchev–Trinajstić information content (AvgIpc) is 3.27. The van der Waals surface area contributed by atoms with Gasteiger partial charge in [0.25, 0.3) is 0 Å². The zero-order valence-electron chi connectivity index (χ0n) is 13.4. The third kappa shape index (κ3) is 2.07. The van der Waals surface area contributed by atoms with Gasteiger partial charge in [-0.2, -0.15) is 0 Å². The molecule has 0 unspecified atom stereocenters. The summed E-state index contributed by atoms with van der Waals surface area (Å²) in [5.74, 6) is 1.87. The van der Waals surface area contributed by atoms with Gasteiger partial charge in [0.2, 0.25) is 6.79 Å². The van der Waals surface area contributed by atoms with Crippen LogP contribution in [-0.4, -0.2) is 26.3 Å². The summed E-state index contributed by atoms with van der Waals surface area (Å²) in [5, 5.41) is 0.869. The number of hydrogen-bond acceptors (Lipinski definition) is 6. The van der Waals surface area contributed by atoms with Gasteiger partial charge in [-0.1, -0.05) is 0 Å². The van der Waals surface area contributed by atoms with Gasteiger partial charge in [0.15, 0.2) is 17.3 Å². The second kappa shape index (κ2) is 5.17. The third-order valence-corrected chi connectivity index (χ3v) is 4.64. The zero-order chi connectivity index (χ0) is 17.0. The number of carbonyl (C=O) groups is 1. The van der Waals surface area contributed by atoms with Crippen LogP contribution in [0.4, 0.5) is 0 Å². The predicted molar refractivity (Wildman–Crippen MR) is 87.9 cm³/mol. The molecule has 0 N–H and O–H groups in total. The van der Waals surface area contributed by atoms with Crippen LogP contribution in [0.25, 0.3) is 11.0 Å². The van der Waals surface area contributed by atoms with Crippen molar-refractivity contribution < 1.29 is 28.2 Å². The summed E-state index contributed by atoms with van der Waals surface area (Å²) in [6.07, 6.45) is 1.60. The third-order valence-electron chi connectivity index (χ3n) is 4.64. The van der Waals surface area contributed by atoms with Gasteiger partial charge >= 0.3 is 0 Å². The first-order valence-electron chi connectivity index (χ1n) is 7.90. The summed E-state index contributed by atoms with van der Waals surface area (Å²) in [5.41, 5.74) is 1.98. The van der Waals surface area contributed by atoms with Crippen molar-refractivity contribution in [2.45, 2.75) is 5.92 Å². The van der Waals surface area contributed by atoms with E-state index in [4.69, 9.17) is 23.4 Å². The molecule has 25 heavy (non-hydrogen) atoms. The van der Waals surface area contributed by atoms with Gasteiger partial charge < -0.3 is 23.4 Å². The molecule has 6 heteroatoms. The second-order valence-electron chi connectivity index (χ2n) is 5.98. The molecule has 0 spiro atoms. The molecule has 0 bridgehead atoms. The number of carbonyl (C=O) groups excluding carboxylic acids is 1. The normalized spacial score (nSPS) is 18.1. The first kappa shape index (κ1) is 14.2. The molecule has 0 saturated carbocycles. The van der Waals surface area contributed by atoms with Gasteiger partial charge in [0.1, 0.15) is 23.7 Å². The number of methoxy groups -OCH3 is 1. The topological polar surface area (TPSA) is 67.1 Å². The van der Waals surface area contributed by atoms with E-state index in [1.54, 1.807) is 31.6 Å². The lowest BCUT2D eigenvalue weighted by molar-refractivity contribution is 0.0894. The maximum absolute atomic E-state index is 13.1. The molecule has 5 rings (SSSR count). The van der Waals surface area contributed by atoms with Crippen LogP contribution in [0, 0.1) is 0 Å². The first-order valence-corrected chi connectivity index (χ1v) is 7.90. The lowest BCUT2D eigenvalue weighted by atomic mass is 9.87. The molecule has 0 amide bonds. The van der Waals surface area contributed by atoms with Crippen molar-refractivity contribution in [3.05, 3.63) is 47.7 Å². The fourth-order valence-corrected chi connectivity index (χ4v) is 3.36. The summed E-state index contributed by atoms with van der Waals surface area (Å²) >= 11 is 0. The molecule has 3 heterocycles. The van der Waals surface area contributed by atoms with E-state index in [1.165, 1.54) is 0 Å². The fourth-order valence-electron chi connectivity index (χ4n) is 3.36. The van der Waals surface area contributed by atoms with Gasteiger partial charge in [-0.25, -0.2) is 0 Å². The van der Waals surface area contributed by atoms with Gasteiger partial charge in [-0.15, -0.1) is 0 Å². The Bertz CT molecular complexity index is 1000. The second-order valence-corrected chi connectivity index (χ2v) is 5.98. The van der Waals surface area contributed by atoms with E-state index in [9.17, 15) is 4.79 Å². The van der Waals surface area contributed by atoms with E-state index in [0.29, 0.717) is 34.1 Å². The molecule has 6 nitrogen and oxygen atoms in total. The van der Waals surface area contributed by atoms with Crippen molar-refractivity contribution >= 4 is 16.8 Å². The molecule has 126 valence electrons. The van der Waals surface area contributed by atoms with Crippen molar-refractivity contribution in [2.24, 2.45) is 0 Å². The minimum Gasteiger partial charge on any atom is -0.496 e. The summed E-state index contributed by atoms with van der Waals surface area (Å²) in [6, 6.07) is 8.94. The molecular formula is C19H14O6. The molecule has 2 aliphatic rings. The van der Waals surface area contributed by atoms with Crippen molar-refractivity contribution in [1.29, 1.82) is 0 Å². The molecule has 0 saturated heterocycles. The van der Waals surface area contributed by atoms with Gasteiger partial charge in [-0.3, -0.25) is 4.79 Å². The molecule has 3 aromatic rings. The number of ketones is 1. The monoisotopic (exact) mass is 338 g/mol. The van der Waals surface area contributed by atoms with Crippen molar-refractivity contribution in [1.82, 2.24) is 0 Å². The zero-order valence-corrected chi connectivity index (χ0v) is 13.4. The maximum atomic E-state index is 13.1. The summed E-state index contributed by atoms with van der Waals surface area (Å²) in [4.78, 5) is 13.1. The standard InChI is InChI=1S/C19H14O6/c1-21-15-7-18-17(24-9-25-18)5-11(15)13-8-23-16-6-14-10(2-3-22-14)4-12(16)19(13)20/h2-7,13H,8-9H2,1H3/t13-/m1/s1. The minimum atomic E-state index is -0.471. The van der Waals surface area contributed by atoms with E-state index in [-0.39, 0.29) is 19.2 Å². The number of hydrogen-bond donors (Lipinski definition) is 0. The van der Waals surface area contributed by atoms with Crippen LogP contribution in [0.1, 0.15) is 21.8 Å². The van der Waals surface area contributed by atoms with Crippen LogP contribution in [0.3, 0.4) is 0 Å². The lowest BCUT2D eigenvalue weighted by Gasteiger charge is -2.25. The van der Waals surface area contributed by atoms with E-state index >= 15 is 0 Å². The largest absolute Gasteiger partial charge is 0.496 e. The van der Waals surface area contributed by atoms with Crippen molar-refractivity contribution in [3.63, 3.8) is 0 Å². The van der Waals surface area contributed by atoms with E-state index < -0.39 is 5.92 Å². The number of benzene rings is 2. The summed E-state index contributed by atoms with van der Waals surface area (Å²) in [7, 11) is 1.57. The Labute approximate surface area is 142 Å². The Kier molecular flexibility index (Phi) is 2.94. The highest BCUT2D eigenvalue weighted by Crippen LogP contribution is 2.44. The van der Waals surface area contributed by atoms with E-state index in [0.717, 1.165) is 10.9 Å². The summed E-state index contributed by atoms with van der Waals surface area (Å²) < 4.78 is 27.5. The quantitative estimate of drug-likeness (QED) is 0.712. The molecular weight excluding hydrogens is 324 g/mol. The predicted octanol–water partition coefficient (Wildman–Crippen LogP) is 3.53. The Hall–Kier alpha value is -3.15. The Morgan fingerprint density at radius 1 is 1.04 bits per heavy atom. The van der Waals surface area contributed by atoms with Crippen molar-refractivity contribution in [3.8, 4) is 23.0 Å². The molecule has 2 aliphatic heterocycles. The van der Waals surface area contributed by atoms with E-state index in [1.807, 2.05) is 12.1 Å². The molecule has 0 radical (unpaired) electrons. The average molecular weight is 338 g/mol. The number of ether oxygens (including phenoxy) is 4. The maximum Gasteiger partial charge on any atom is 0.231 e. The molecule has 1 atom stereocenters. The summed E-state index contributed by atoms with van der Waals surface area (Å²) in [6.45, 7) is 0.395. The molecule has 0 fully saturated rings. The van der Waals surface area contributed by atoms with Gasteiger partial charge in [-0.05, 0) is 18.2 Å². The van der Waals surface area contributed by atoms with Crippen LogP contribution in [0.15, 0.2) is 41.0 Å². The highest BCUT2D eigenvalue weighted by molar-refractivity contribution is 6.07. The highest BCUT2D eigenvalue weighted by atomic mass is 16.7. The highest BCUT2D eigenvalue weighted by Gasteiger charge is 2.34. The minimum absolute atomic E-state index is 0.0125. The van der Waals surface area contributed by atoms with Crippen molar-refractivity contribution in [2.75, 3.05) is 20.5 Å². The van der Waals surface area contributed by atoms with Crippen LogP contribution in [0.5, 0.6) is 23.0 Å². The van der Waals surface area contributed by atoms with Crippen LogP contribution in [-0.2, 0) is 0 Å². The Morgan fingerprint density at radius 2 is 1.88 bits per heavy atom. The van der Waals surface area contributed by atoms with Crippen LogP contribution in [0.2, 0.25) is 0 Å². The molecule has 2 aromatic carbocycles. The van der Waals surface area contributed by atoms with Crippen LogP contribution >= 0.6 is 0 Å². The first-order chi connectivity index (χ1) is 12.2. The number of fused-ring (bicyclic) bond motifs is 3. The SMILES string of the molecule is COc1cc2c(cc1[C@H]1COc3cc4occc4cc3C1=O)OCO2. The smallest absolute Gasteiger partial charge is 0.231 e. The number of Topliss-reactive ketones (excluding diaryl/α,β-unsaturated/α-hetero) is 1. The molecule has 0 aliphatic carbocycles. The van der Waals surface area contributed by atoms with Gasteiger partial charge in [0, 0.05) is 23.1 Å². The fraction of sp³-hybridized carbons (Fsp3) is 0.211. The Morgan fingerprint density at radius 3 is 2.72 bits per heavy atom. The number of furan rings is 1. The molecule has 1 aromatic heterocycles. The van der Waals surface area contributed by atoms with Gasteiger partial charge in [0.05, 0.1) is 24.9 Å². The lowest BCUT2D eigenvalue weighted by Crippen LogP contribution is -2.26.